The largest absolute Gasteiger partial charge is 0.389 e. The second-order valence-electron chi connectivity index (χ2n) is 3.54. The normalized spacial score (nSPS) is 10.1. The Balaban J connectivity index is 2.38. The molecule has 0 atom stereocenters. The number of nitrogens with two attached hydrogens (primary N) is 1. The van der Waals surface area contributed by atoms with E-state index in [-0.39, 0.29) is 10.5 Å². The van der Waals surface area contributed by atoms with Gasteiger partial charge in [-0.05, 0) is 24.3 Å². The van der Waals surface area contributed by atoms with Crippen LogP contribution < -0.4 is 11.3 Å². The van der Waals surface area contributed by atoms with E-state index in [4.69, 9.17) is 18.0 Å². The summed E-state index contributed by atoms with van der Waals surface area (Å²) in [6.07, 6.45) is 3.39. The van der Waals surface area contributed by atoms with Crippen LogP contribution in [-0.2, 0) is 6.54 Å². The van der Waals surface area contributed by atoms with Crippen LogP contribution in [-0.4, -0.2) is 14.5 Å². The number of rotatable bonds is 3. The van der Waals surface area contributed by atoms with Gasteiger partial charge in [-0.3, -0.25) is 9.78 Å². The Morgan fingerprint density at radius 1 is 1.35 bits per heavy atom. The molecule has 0 aliphatic carbocycles. The van der Waals surface area contributed by atoms with Crippen LogP contribution in [0.1, 0.15) is 11.3 Å². The first kappa shape index (κ1) is 11.5. The summed E-state index contributed by atoms with van der Waals surface area (Å²) in [4.78, 5) is 16.3. The van der Waals surface area contributed by atoms with E-state index in [9.17, 15) is 4.79 Å². The van der Waals surface area contributed by atoms with Crippen LogP contribution in [0.5, 0.6) is 0 Å². The van der Waals surface area contributed by atoms with Gasteiger partial charge in [0, 0.05) is 12.4 Å². The molecule has 2 heterocycles. The van der Waals surface area contributed by atoms with Crippen LogP contribution in [0, 0.1) is 0 Å². The van der Waals surface area contributed by atoms with Crippen molar-refractivity contribution in [1.82, 2.24) is 9.55 Å². The quantitative estimate of drug-likeness (QED) is 0.817. The SMILES string of the molecule is NC(=S)c1cccn(Cc2ccccn2)c1=O. The molecule has 5 heteroatoms. The van der Waals surface area contributed by atoms with E-state index in [1.807, 2.05) is 18.2 Å². The third-order valence-corrected chi connectivity index (χ3v) is 2.56. The zero-order valence-corrected chi connectivity index (χ0v) is 9.85. The van der Waals surface area contributed by atoms with Crippen molar-refractivity contribution in [3.05, 3.63) is 64.3 Å². The number of hydrogen-bond donors (Lipinski definition) is 1. The monoisotopic (exact) mass is 245 g/mol. The zero-order chi connectivity index (χ0) is 12.3. The Morgan fingerprint density at radius 3 is 2.82 bits per heavy atom. The number of pyridine rings is 2. The van der Waals surface area contributed by atoms with Gasteiger partial charge in [-0.25, -0.2) is 0 Å². The molecule has 0 aliphatic rings. The van der Waals surface area contributed by atoms with Gasteiger partial charge in [-0.1, -0.05) is 18.3 Å². The van der Waals surface area contributed by atoms with Gasteiger partial charge in [0.1, 0.15) is 4.99 Å². The van der Waals surface area contributed by atoms with Crippen molar-refractivity contribution in [2.45, 2.75) is 6.54 Å². The van der Waals surface area contributed by atoms with E-state index in [1.54, 1.807) is 24.5 Å². The molecular formula is C12H11N3OS. The summed E-state index contributed by atoms with van der Waals surface area (Å²) in [5.41, 5.74) is 6.46. The zero-order valence-electron chi connectivity index (χ0n) is 9.04. The fourth-order valence-electron chi connectivity index (χ4n) is 1.52. The first-order valence-electron chi connectivity index (χ1n) is 5.07. The van der Waals surface area contributed by atoms with Crippen molar-refractivity contribution in [3.63, 3.8) is 0 Å². The summed E-state index contributed by atoms with van der Waals surface area (Å²) in [6, 6.07) is 8.95. The molecule has 4 nitrogen and oxygen atoms in total. The van der Waals surface area contributed by atoms with Gasteiger partial charge in [0.05, 0.1) is 17.8 Å². The molecule has 2 aromatic rings. The minimum Gasteiger partial charge on any atom is -0.389 e. The fourth-order valence-corrected chi connectivity index (χ4v) is 1.67. The molecule has 0 aliphatic heterocycles. The number of hydrogen-bond acceptors (Lipinski definition) is 3. The predicted molar refractivity (Wildman–Crippen MR) is 69.9 cm³/mol. The molecule has 0 radical (unpaired) electrons. The maximum Gasteiger partial charge on any atom is 0.261 e. The highest BCUT2D eigenvalue weighted by molar-refractivity contribution is 7.80. The molecule has 0 unspecified atom stereocenters. The Bertz CT molecular complexity index is 592. The van der Waals surface area contributed by atoms with E-state index >= 15 is 0 Å². The van der Waals surface area contributed by atoms with E-state index in [1.165, 1.54) is 4.57 Å². The minimum absolute atomic E-state index is 0.116. The average Bonchev–Trinajstić information content (AvgIpc) is 2.33. The first-order chi connectivity index (χ1) is 8.18. The van der Waals surface area contributed by atoms with Gasteiger partial charge >= 0.3 is 0 Å². The maximum absolute atomic E-state index is 12.0. The van der Waals surface area contributed by atoms with Crippen molar-refractivity contribution in [1.29, 1.82) is 0 Å². The van der Waals surface area contributed by atoms with Crippen molar-refractivity contribution in [3.8, 4) is 0 Å². The molecule has 0 aromatic carbocycles. The summed E-state index contributed by atoms with van der Waals surface area (Å²) < 4.78 is 1.54. The third kappa shape index (κ3) is 2.57. The molecule has 0 bridgehead atoms. The molecular weight excluding hydrogens is 234 g/mol. The van der Waals surface area contributed by atoms with Gasteiger partial charge in [-0.15, -0.1) is 0 Å². The van der Waals surface area contributed by atoms with Crippen LogP contribution >= 0.6 is 12.2 Å². The predicted octanol–water partition coefficient (Wildman–Crippen LogP) is 0.926. The minimum atomic E-state index is -0.189. The lowest BCUT2D eigenvalue weighted by Crippen LogP contribution is -2.28. The smallest absolute Gasteiger partial charge is 0.261 e. The van der Waals surface area contributed by atoms with Crippen molar-refractivity contribution >= 4 is 17.2 Å². The van der Waals surface area contributed by atoms with Crippen molar-refractivity contribution < 1.29 is 0 Å². The topological polar surface area (TPSA) is 60.9 Å². The van der Waals surface area contributed by atoms with Crippen LogP contribution in [0.4, 0.5) is 0 Å². The van der Waals surface area contributed by atoms with Crippen LogP contribution in [0.25, 0.3) is 0 Å². The van der Waals surface area contributed by atoms with Crippen LogP contribution in [0.3, 0.4) is 0 Å². The van der Waals surface area contributed by atoms with E-state index in [0.717, 1.165) is 5.69 Å². The lowest BCUT2D eigenvalue weighted by Gasteiger charge is -2.06. The van der Waals surface area contributed by atoms with E-state index < -0.39 is 0 Å². The highest BCUT2D eigenvalue weighted by Crippen LogP contribution is 1.98. The molecule has 86 valence electrons. The van der Waals surface area contributed by atoms with Crippen molar-refractivity contribution in [2.24, 2.45) is 5.73 Å². The summed E-state index contributed by atoms with van der Waals surface area (Å²) in [5, 5.41) is 0. The molecule has 2 aromatic heterocycles. The van der Waals surface area contributed by atoms with Gasteiger partial charge in [0.15, 0.2) is 0 Å². The second-order valence-corrected chi connectivity index (χ2v) is 3.98. The number of nitrogens with zero attached hydrogens (tertiary/aromatic N) is 2. The van der Waals surface area contributed by atoms with Gasteiger partial charge in [-0.2, -0.15) is 0 Å². The van der Waals surface area contributed by atoms with Crippen LogP contribution in [0.2, 0.25) is 0 Å². The highest BCUT2D eigenvalue weighted by atomic mass is 32.1. The Kier molecular flexibility index (Phi) is 3.30. The molecule has 2 rings (SSSR count). The lowest BCUT2D eigenvalue weighted by molar-refractivity contribution is 0.738. The Labute approximate surface area is 104 Å². The van der Waals surface area contributed by atoms with Gasteiger partial charge in [0.25, 0.3) is 5.56 Å². The molecule has 17 heavy (non-hydrogen) atoms. The molecule has 0 saturated carbocycles. The summed E-state index contributed by atoms with van der Waals surface area (Å²) >= 11 is 4.82. The summed E-state index contributed by atoms with van der Waals surface area (Å²) in [5.74, 6) is 0. The average molecular weight is 245 g/mol. The van der Waals surface area contributed by atoms with E-state index in [2.05, 4.69) is 4.98 Å². The standard InChI is InChI=1S/C12H11N3OS/c13-11(17)10-5-3-7-15(12(10)16)8-9-4-1-2-6-14-9/h1-7H,8H2,(H2,13,17). The Hall–Kier alpha value is -2.01. The van der Waals surface area contributed by atoms with Crippen LogP contribution in [0.15, 0.2) is 47.5 Å². The fraction of sp³-hybridized carbons (Fsp3) is 0.0833. The van der Waals surface area contributed by atoms with Crippen molar-refractivity contribution in [2.75, 3.05) is 0 Å². The maximum atomic E-state index is 12.0. The molecule has 2 N–H and O–H groups in total. The summed E-state index contributed by atoms with van der Waals surface area (Å²) in [7, 11) is 0. The van der Waals surface area contributed by atoms with Gasteiger partial charge in [0.2, 0.25) is 0 Å². The molecule has 0 saturated heterocycles. The lowest BCUT2D eigenvalue weighted by atomic mass is 10.2. The highest BCUT2D eigenvalue weighted by Gasteiger charge is 2.05. The van der Waals surface area contributed by atoms with E-state index in [0.29, 0.717) is 12.1 Å². The number of thiocarbonyl (C=S) groups is 1. The Morgan fingerprint density at radius 2 is 2.18 bits per heavy atom. The summed E-state index contributed by atoms with van der Waals surface area (Å²) in [6.45, 7) is 0.413. The molecule has 0 amide bonds. The second kappa shape index (κ2) is 4.88. The first-order valence-corrected chi connectivity index (χ1v) is 5.48. The molecule has 0 fully saturated rings. The number of aromatic nitrogens is 2. The third-order valence-electron chi connectivity index (χ3n) is 2.34. The van der Waals surface area contributed by atoms with Gasteiger partial charge < -0.3 is 10.3 Å². The molecule has 0 spiro atoms.